The summed E-state index contributed by atoms with van der Waals surface area (Å²) in [5, 5.41) is 2.62. The molecule has 28 heavy (non-hydrogen) atoms. The summed E-state index contributed by atoms with van der Waals surface area (Å²) >= 11 is 0. The maximum absolute atomic E-state index is 12.7. The van der Waals surface area contributed by atoms with Crippen LogP contribution in [0.5, 0.6) is 5.75 Å². The van der Waals surface area contributed by atoms with Crippen LogP contribution in [-0.4, -0.2) is 51.9 Å². The van der Waals surface area contributed by atoms with Gasteiger partial charge in [0.2, 0.25) is 15.9 Å². The molecule has 0 aliphatic heterocycles. The predicted octanol–water partition coefficient (Wildman–Crippen LogP) is 2.13. The minimum absolute atomic E-state index is 0.102. The molecule has 0 aliphatic rings. The third-order valence-corrected chi connectivity index (χ3v) is 5.57. The van der Waals surface area contributed by atoms with Gasteiger partial charge in [-0.15, -0.1) is 0 Å². The number of amides is 1. The van der Waals surface area contributed by atoms with Gasteiger partial charge in [0.05, 0.1) is 30.7 Å². The number of ether oxygens (including phenoxy) is 2. The lowest BCUT2D eigenvalue weighted by atomic mass is 10.2. The van der Waals surface area contributed by atoms with Crippen LogP contribution in [0, 0.1) is 0 Å². The Bertz CT molecular complexity index is 958. The molecule has 0 heterocycles. The summed E-state index contributed by atoms with van der Waals surface area (Å²) in [4.78, 5) is 23.9. The Kier molecular flexibility index (Phi) is 7.13. The lowest BCUT2D eigenvalue weighted by Gasteiger charge is -2.17. The van der Waals surface area contributed by atoms with Crippen LogP contribution >= 0.6 is 0 Å². The van der Waals surface area contributed by atoms with Crippen molar-refractivity contribution < 1.29 is 27.5 Å². The highest BCUT2D eigenvalue weighted by Gasteiger charge is 2.24. The number of carbonyl (C=O) groups is 2. The van der Waals surface area contributed by atoms with Gasteiger partial charge >= 0.3 is 5.97 Å². The molecule has 0 fully saturated rings. The van der Waals surface area contributed by atoms with Crippen LogP contribution in [0.4, 0.5) is 5.69 Å². The minimum atomic E-state index is -3.97. The third kappa shape index (κ3) is 5.30. The normalized spacial score (nSPS) is 11.1. The van der Waals surface area contributed by atoms with E-state index in [0.717, 1.165) is 4.31 Å². The predicted molar refractivity (Wildman–Crippen MR) is 104 cm³/mol. The van der Waals surface area contributed by atoms with Gasteiger partial charge in [-0.2, -0.15) is 4.31 Å². The van der Waals surface area contributed by atoms with Gasteiger partial charge < -0.3 is 14.8 Å². The molecule has 0 bridgehead atoms. The molecule has 0 atom stereocenters. The quantitative estimate of drug-likeness (QED) is 0.674. The van der Waals surface area contributed by atoms with Crippen molar-refractivity contribution in [2.75, 3.05) is 32.6 Å². The molecule has 2 aromatic carbocycles. The molecule has 0 unspecified atom stereocenters. The molecule has 1 amide bonds. The number of rotatable bonds is 8. The molecule has 8 nitrogen and oxygen atoms in total. The summed E-state index contributed by atoms with van der Waals surface area (Å²) in [6.45, 7) is 1.44. The van der Waals surface area contributed by atoms with E-state index >= 15 is 0 Å². The first-order valence-electron chi connectivity index (χ1n) is 8.45. The summed E-state index contributed by atoms with van der Waals surface area (Å²) in [5.74, 6) is -0.562. The molecular formula is C19H22N2O6S. The zero-order chi connectivity index (χ0) is 20.7. The van der Waals surface area contributed by atoms with E-state index in [0.29, 0.717) is 11.4 Å². The summed E-state index contributed by atoms with van der Waals surface area (Å²) < 4.78 is 36.3. The fourth-order valence-electron chi connectivity index (χ4n) is 2.37. The average Bonchev–Trinajstić information content (AvgIpc) is 2.68. The molecule has 0 aromatic heterocycles. The van der Waals surface area contributed by atoms with Crippen molar-refractivity contribution in [3.8, 4) is 5.75 Å². The van der Waals surface area contributed by atoms with Crippen molar-refractivity contribution in [3.05, 3.63) is 54.1 Å². The standard InChI is InChI=1S/C19H22N2O6S/c1-4-27-19(23)14-7-5-10-17(11-14)28(24,25)21(2)13-18(22)20-15-8-6-9-16(12-15)26-3/h5-12H,4,13H2,1-3H3,(H,20,22). The van der Waals surface area contributed by atoms with Gasteiger partial charge in [0.25, 0.3) is 0 Å². The SMILES string of the molecule is CCOC(=O)c1cccc(S(=O)(=O)N(C)CC(=O)Nc2cccc(OC)c2)c1. The van der Waals surface area contributed by atoms with E-state index in [-0.39, 0.29) is 17.1 Å². The van der Waals surface area contributed by atoms with E-state index in [1.54, 1.807) is 31.2 Å². The molecule has 2 aromatic rings. The number of anilines is 1. The molecule has 0 saturated carbocycles. The Morgan fingerprint density at radius 2 is 1.82 bits per heavy atom. The highest BCUT2D eigenvalue weighted by atomic mass is 32.2. The number of nitrogens with one attached hydrogen (secondary N) is 1. The van der Waals surface area contributed by atoms with Crippen LogP contribution in [0.3, 0.4) is 0 Å². The Balaban J connectivity index is 2.11. The fourth-order valence-corrected chi connectivity index (χ4v) is 3.54. The second-order valence-electron chi connectivity index (χ2n) is 5.79. The number of methoxy groups -OCH3 is 1. The zero-order valence-electron chi connectivity index (χ0n) is 15.8. The highest BCUT2D eigenvalue weighted by Crippen LogP contribution is 2.18. The maximum atomic E-state index is 12.7. The number of hydrogen-bond donors (Lipinski definition) is 1. The number of carbonyl (C=O) groups excluding carboxylic acids is 2. The molecule has 0 saturated heterocycles. The van der Waals surface area contributed by atoms with Crippen molar-refractivity contribution in [2.45, 2.75) is 11.8 Å². The molecule has 0 spiro atoms. The van der Waals surface area contributed by atoms with E-state index < -0.39 is 28.4 Å². The number of likely N-dealkylation sites (N-methyl/N-ethyl adjacent to an activating group) is 1. The van der Waals surface area contributed by atoms with E-state index in [9.17, 15) is 18.0 Å². The lowest BCUT2D eigenvalue weighted by molar-refractivity contribution is -0.116. The molecule has 1 N–H and O–H groups in total. The van der Waals surface area contributed by atoms with Crippen molar-refractivity contribution in [2.24, 2.45) is 0 Å². The number of nitrogens with zero attached hydrogens (tertiary/aromatic N) is 1. The molecular weight excluding hydrogens is 384 g/mol. The van der Waals surface area contributed by atoms with Gasteiger partial charge in [-0.25, -0.2) is 13.2 Å². The van der Waals surface area contributed by atoms with Crippen LogP contribution in [0.2, 0.25) is 0 Å². The highest BCUT2D eigenvalue weighted by molar-refractivity contribution is 7.89. The topological polar surface area (TPSA) is 102 Å². The minimum Gasteiger partial charge on any atom is -0.497 e. The number of benzene rings is 2. The van der Waals surface area contributed by atoms with Crippen molar-refractivity contribution >= 4 is 27.6 Å². The smallest absolute Gasteiger partial charge is 0.338 e. The number of esters is 1. The first kappa shape index (κ1) is 21.4. The van der Waals surface area contributed by atoms with Gasteiger partial charge in [-0.1, -0.05) is 12.1 Å². The monoisotopic (exact) mass is 406 g/mol. The first-order valence-corrected chi connectivity index (χ1v) is 9.89. The zero-order valence-corrected chi connectivity index (χ0v) is 16.7. The van der Waals surface area contributed by atoms with Gasteiger partial charge in [0.1, 0.15) is 5.75 Å². The summed E-state index contributed by atoms with van der Waals surface area (Å²) in [5.41, 5.74) is 0.608. The average molecular weight is 406 g/mol. The summed E-state index contributed by atoms with van der Waals surface area (Å²) in [6, 6.07) is 12.2. The Morgan fingerprint density at radius 3 is 2.50 bits per heavy atom. The van der Waals surface area contributed by atoms with Crippen molar-refractivity contribution in [1.82, 2.24) is 4.31 Å². The van der Waals surface area contributed by atoms with Crippen LogP contribution in [-0.2, 0) is 19.6 Å². The summed E-state index contributed by atoms with van der Waals surface area (Å²) in [6.07, 6.45) is 0. The van der Waals surface area contributed by atoms with E-state index in [1.165, 1.54) is 38.4 Å². The van der Waals surface area contributed by atoms with E-state index in [4.69, 9.17) is 9.47 Å². The van der Waals surface area contributed by atoms with E-state index in [2.05, 4.69) is 5.32 Å². The van der Waals surface area contributed by atoms with Crippen molar-refractivity contribution in [1.29, 1.82) is 0 Å². The molecule has 0 aliphatic carbocycles. The van der Waals surface area contributed by atoms with Gasteiger partial charge in [-0.3, -0.25) is 4.79 Å². The molecule has 2 rings (SSSR count). The van der Waals surface area contributed by atoms with Crippen LogP contribution in [0.25, 0.3) is 0 Å². The van der Waals surface area contributed by atoms with Crippen molar-refractivity contribution in [3.63, 3.8) is 0 Å². The Morgan fingerprint density at radius 1 is 1.11 bits per heavy atom. The Labute approximate surface area is 164 Å². The fraction of sp³-hybridized carbons (Fsp3) is 0.263. The second-order valence-corrected chi connectivity index (χ2v) is 7.83. The van der Waals surface area contributed by atoms with Crippen LogP contribution in [0.15, 0.2) is 53.4 Å². The third-order valence-electron chi connectivity index (χ3n) is 3.77. The Hall–Kier alpha value is -2.91. The van der Waals surface area contributed by atoms with Gasteiger partial charge in [0, 0.05) is 18.8 Å². The largest absolute Gasteiger partial charge is 0.497 e. The molecule has 9 heteroatoms. The maximum Gasteiger partial charge on any atom is 0.338 e. The number of sulfonamides is 1. The first-order chi connectivity index (χ1) is 13.3. The van der Waals surface area contributed by atoms with Crippen LogP contribution in [0.1, 0.15) is 17.3 Å². The lowest BCUT2D eigenvalue weighted by Crippen LogP contribution is -2.35. The van der Waals surface area contributed by atoms with Gasteiger partial charge in [-0.05, 0) is 37.3 Å². The molecule has 0 radical (unpaired) electrons. The summed E-state index contributed by atoms with van der Waals surface area (Å²) in [7, 11) is -1.18. The molecule has 150 valence electrons. The van der Waals surface area contributed by atoms with E-state index in [1.807, 2.05) is 0 Å². The van der Waals surface area contributed by atoms with Gasteiger partial charge in [0.15, 0.2) is 0 Å². The number of hydrogen-bond acceptors (Lipinski definition) is 6. The van der Waals surface area contributed by atoms with Crippen LogP contribution < -0.4 is 10.1 Å². The second kappa shape index (κ2) is 9.34.